The molecule has 0 bridgehead atoms. The summed E-state index contributed by atoms with van der Waals surface area (Å²) in [6.45, 7) is 2.18. The maximum Gasteiger partial charge on any atom is 0.0408 e. The van der Waals surface area contributed by atoms with Crippen molar-refractivity contribution in [2.24, 2.45) is 5.41 Å². The Hall–Kier alpha value is -1.31. The summed E-state index contributed by atoms with van der Waals surface area (Å²) in [6.07, 6.45) is 2.23. The van der Waals surface area contributed by atoms with Crippen LogP contribution in [0.4, 0.5) is 0 Å². The molecule has 0 atom stereocenters. The molecule has 0 unspecified atom stereocenters. The molecule has 0 aliphatic carbocycles. The predicted molar refractivity (Wildman–Crippen MR) is 80.6 cm³/mol. The molecule has 2 heteroatoms. The third kappa shape index (κ3) is 2.99. The number of halogens is 1. The number of nitrogens with one attached hydrogen (secondary N) is 1. The average Bonchev–Trinajstić information content (AvgIpc) is 2.37. The molecule has 19 heavy (non-hydrogen) atoms. The lowest BCUT2D eigenvalue weighted by Gasteiger charge is -2.43. The molecule has 1 saturated heterocycles. The highest BCUT2D eigenvalue weighted by molar-refractivity contribution is 6.30. The fraction of sp³-hybridized carbons (Fsp3) is 0.294. The van der Waals surface area contributed by atoms with E-state index in [0.717, 1.165) is 31.0 Å². The molecule has 1 N–H and O–H groups in total. The van der Waals surface area contributed by atoms with Crippen LogP contribution in [0.5, 0.6) is 0 Å². The Balaban J connectivity index is 1.76. The van der Waals surface area contributed by atoms with E-state index in [4.69, 9.17) is 11.6 Å². The zero-order valence-electron chi connectivity index (χ0n) is 10.9. The first-order chi connectivity index (χ1) is 9.26. The molecule has 3 rings (SSSR count). The van der Waals surface area contributed by atoms with Crippen LogP contribution in [0.15, 0.2) is 54.6 Å². The van der Waals surface area contributed by atoms with Crippen LogP contribution in [0.3, 0.4) is 0 Å². The smallest absolute Gasteiger partial charge is 0.0408 e. The molecular formula is C17H18ClN. The van der Waals surface area contributed by atoms with Crippen LogP contribution in [0.1, 0.15) is 11.1 Å². The lowest BCUT2D eigenvalue weighted by Crippen LogP contribution is -2.56. The summed E-state index contributed by atoms with van der Waals surface area (Å²) in [6, 6.07) is 19.0. The Morgan fingerprint density at radius 1 is 0.895 bits per heavy atom. The molecule has 1 fully saturated rings. The Bertz CT molecular complexity index is 546. The minimum atomic E-state index is 0.353. The number of hydrogen-bond acceptors (Lipinski definition) is 1. The summed E-state index contributed by atoms with van der Waals surface area (Å²) in [5, 5.41) is 4.26. The minimum Gasteiger partial charge on any atom is -0.315 e. The van der Waals surface area contributed by atoms with E-state index >= 15 is 0 Å². The highest BCUT2D eigenvalue weighted by atomic mass is 35.5. The van der Waals surface area contributed by atoms with Gasteiger partial charge in [0, 0.05) is 23.5 Å². The summed E-state index contributed by atoms with van der Waals surface area (Å²) >= 11 is 6.08. The number of hydrogen-bond donors (Lipinski definition) is 1. The lowest BCUT2D eigenvalue weighted by atomic mass is 9.72. The van der Waals surface area contributed by atoms with Gasteiger partial charge >= 0.3 is 0 Å². The third-order valence-corrected chi connectivity index (χ3v) is 4.13. The van der Waals surface area contributed by atoms with E-state index in [0.29, 0.717) is 5.41 Å². The van der Waals surface area contributed by atoms with Gasteiger partial charge in [0.1, 0.15) is 0 Å². The molecule has 98 valence electrons. The van der Waals surface area contributed by atoms with Crippen molar-refractivity contribution >= 4 is 11.6 Å². The molecule has 2 aromatic carbocycles. The summed E-state index contributed by atoms with van der Waals surface area (Å²) in [4.78, 5) is 0. The van der Waals surface area contributed by atoms with Crippen LogP contribution in [0, 0.1) is 5.41 Å². The standard InChI is InChI=1S/C17H18ClN/c18-16-8-4-7-15(9-16)11-17(12-19-13-17)10-14-5-2-1-3-6-14/h1-9,19H,10-13H2. The monoisotopic (exact) mass is 271 g/mol. The van der Waals surface area contributed by atoms with Crippen molar-refractivity contribution in [3.63, 3.8) is 0 Å². The first-order valence-electron chi connectivity index (χ1n) is 6.75. The van der Waals surface area contributed by atoms with Crippen molar-refractivity contribution in [3.8, 4) is 0 Å². The fourth-order valence-corrected chi connectivity index (χ4v) is 3.11. The maximum absolute atomic E-state index is 6.08. The second-order valence-electron chi connectivity index (χ2n) is 5.57. The van der Waals surface area contributed by atoms with Crippen LogP contribution in [0.25, 0.3) is 0 Å². The van der Waals surface area contributed by atoms with Crippen molar-refractivity contribution < 1.29 is 0 Å². The van der Waals surface area contributed by atoms with Crippen LogP contribution < -0.4 is 5.32 Å². The van der Waals surface area contributed by atoms with E-state index in [1.165, 1.54) is 11.1 Å². The molecule has 1 aliphatic rings. The quantitative estimate of drug-likeness (QED) is 0.894. The summed E-state index contributed by atoms with van der Waals surface area (Å²) in [7, 11) is 0. The number of benzene rings is 2. The van der Waals surface area contributed by atoms with E-state index in [-0.39, 0.29) is 0 Å². The number of rotatable bonds is 4. The van der Waals surface area contributed by atoms with E-state index in [2.05, 4.69) is 47.8 Å². The minimum absolute atomic E-state index is 0.353. The van der Waals surface area contributed by atoms with Crippen LogP contribution in [-0.4, -0.2) is 13.1 Å². The second-order valence-corrected chi connectivity index (χ2v) is 6.01. The van der Waals surface area contributed by atoms with Gasteiger partial charge in [0.05, 0.1) is 0 Å². The Labute approximate surface area is 119 Å². The van der Waals surface area contributed by atoms with Gasteiger partial charge in [-0.1, -0.05) is 54.1 Å². The van der Waals surface area contributed by atoms with Crippen molar-refractivity contribution in [1.29, 1.82) is 0 Å². The molecule has 0 spiro atoms. The van der Waals surface area contributed by atoms with Gasteiger partial charge in [0.2, 0.25) is 0 Å². The first kappa shape index (κ1) is 12.7. The molecule has 0 radical (unpaired) electrons. The average molecular weight is 272 g/mol. The summed E-state index contributed by atoms with van der Waals surface area (Å²) in [5.74, 6) is 0. The largest absolute Gasteiger partial charge is 0.315 e. The van der Waals surface area contributed by atoms with Gasteiger partial charge in [-0.15, -0.1) is 0 Å². The molecule has 1 heterocycles. The van der Waals surface area contributed by atoms with E-state index in [1.54, 1.807) is 0 Å². The van der Waals surface area contributed by atoms with Gasteiger partial charge in [-0.3, -0.25) is 0 Å². The second kappa shape index (κ2) is 5.36. The Morgan fingerprint density at radius 2 is 1.58 bits per heavy atom. The molecule has 0 saturated carbocycles. The molecule has 1 nitrogen and oxygen atoms in total. The SMILES string of the molecule is Clc1cccc(CC2(Cc3ccccc3)CNC2)c1. The molecular weight excluding hydrogens is 254 g/mol. The van der Waals surface area contributed by atoms with Gasteiger partial charge in [-0.05, 0) is 36.1 Å². The zero-order chi connectivity index (χ0) is 13.1. The van der Waals surface area contributed by atoms with Crippen LogP contribution >= 0.6 is 11.6 Å². The van der Waals surface area contributed by atoms with E-state index in [1.807, 2.05) is 12.1 Å². The third-order valence-electron chi connectivity index (χ3n) is 3.89. The van der Waals surface area contributed by atoms with Crippen molar-refractivity contribution in [2.75, 3.05) is 13.1 Å². The Kier molecular flexibility index (Phi) is 3.58. The van der Waals surface area contributed by atoms with E-state index in [9.17, 15) is 0 Å². The van der Waals surface area contributed by atoms with E-state index < -0.39 is 0 Å². The molecule has 0 aromatic heterocycles. The lowest BCUT2D eigenvalue weighted by molar-refractivity contribution is 0.166. The molecule has 1 aliphatic heterocycles. The maximum atomic E-state index is 6.08. The van der Waals surface area contributed by atoms with Gasteiger partial charge in [0.25, 0.3) is 0 Å². The fourth-order valence-electron chi connectivity index (χ4n) is 2.90. The first-order valence-corrected chi connectivity index (χ1v) is 7.13. The molecule has 0 amide bonds. The highest BCUT2D eigenvalue weighted by Gasteiger charge is 2.36. The van der Waals surface area contributed by atoms with Gasteiger partial charge in [-0.2, -0.15) is 0 Å². The van der Waals surface area contributed by atoms with Gasteiger partial charge in [-0.25, -0.2) is 0 Å². The normalized spacial score (nSPS) is 16.9. The summed E-state index contributed by atoms with van der Waals surface area (Å²) in [5.41, 5.74) is 3.11. The molecule has 2 aromatic rings. The Morgan fingerprint density at radius 3 is 2.21 bits per heavy atom. The topological polar surface area (TPSA) is 12.0 Å². The summed E-state index contributed by atoms with van der Waals surface area (Å²) < 4.78 is 0. The zero-order valence-corrected chi connectivity index (χ0v) is 11.7. The van der Waals surface area contributed by atoms with Crippen molar-refractivity contribution in [1.82, 2.24) is 5.32 Å². The predicted octanol–water partition coefficient (Wildman–Crippen LogP) is 3.71. The van der Waals surface area contributed by atoms with Gasteiger partial charge in [0.15, 0.2) is 0 Å². The van der Waals surface area contributed by atoms with Crippen LogP contribution in [-0.2, 0) is 12.8 Å². The van der Waals surface area contributed by atoms with Crippen molar-refractivity contribution in [3.05, 3.63) is 70.7 Å². The highest BCUT2D eigenvalue weighted by Crippen LogP contribution is 2.32. The van der Waals surface area contributed by atoms with Crippen LogP contribution in [0.2, 0.25) is 5.02 Å². The van der Waals surface area contributed by atoms with Gasteiger partial charge < -0.3 is 5.32 Å². The van der Waals surface area contributed by atoms with Crippen molar-refractivity contribution in [2.45, 2.75) is 12.8 Å².